The van der Waals surface area contributed by atoms with E-state index < -0.39 is 0 Å². The van der Waals surface area contributed by atoms with Crippen molar-refractivity contribution >= 4 is 28.9 Å². The molecule has 0 saturated carbocycles. The maximum atomic E-state index is 6.40. The number of hydrogen-bond donors (Lipinski definition) is 1. The summed E-state index contributed by atoms with van der Waals surface area (Å²) in [5.41, 5.74) is 4.93. The zero-order chi connectivity index (χ0) is 19.6. The van der Waals surface area contributed by atoms with Crippen molar-refractivity contribution in [3.05, 3.63) is 69.5 Å². The minimum absolute atomic E-state index is 0.298. The van der Waals surface area contributed by atoms with Crippen LogP contribution in [-0.4, -0.2) is 16.8 Å². The Balaban J connectivity index is 1.97. The number of para-hydroxylation sites is 1. The van der Waals surface area contributed by atoms with Crippen molar-refractivity contribution in [3.63, 3.8) is 0 Å². The second-order valence-corrected chi connectivity index (χ2v) is 7.51. The molecule has 0 spiro atoms. The number of benzene rings is 2. The van der Waals surface area contributed by atoms with Gasteiger partial charge in [0, 0.05) is 12.7 Å². The second kappa shape index (κ2) is 8.24. The molecule has 3 rings (SSSR count). The number of rotatable bonds is 6. The van der Waals surface area contributed by atoms with Gasteiger partial charge in [-0.15, -0.1) is 0 Å². The summed E-state index contributed by atoms with van der Waals surface area (Å²) in [6.45, 7) is 6.68. The highest BCUT2D eigenvalue weighted by Gasteiger charge is 2.19. The Hall–Kier alpha value is -2.17. The number of nitrogens with one attached hydrogen (secondary N) is 1. The summed E-state index contributed by atoms with van der Waals surface area (Å²) in [4.78, 5) is 0. The minimum Gasteiger partial charge on any atom is -0.487 e. The van der Waals surface area contributed by atoms with Gasteiger partial charge in [0.2, 0.25) is 0 Å². The zero-order valence-corrected chi connectivity index (χ0v) is 17.4. The summed E-state index contributed by atoms with van der Waals surface area (Å²) < 4.78 is 7.88. The van der Waals surface area contributed by atoms with Crippen LogP contribution < -0.4 is 10.1 Å². The molecule has 0 aliphatic rings. The quantitative estimate of drug-likeness (QED) is 0.529. The van der Waals surface area contributed by atoms with Crippen molar-refractivity contribution in [2.45, 2.75) is 33.3 Å². The molecule has 1 aromatic heterocycles. The largest absolute Gasteiger partial charge is 0.487 e. The van der Waals surface area contributed by atoms with Gasteiger partial charge in [-0.05, 0) is 54.3 Å². The number of ether oxygens (including phenoxy) is 1. The van der Waals surface area contributed by atoms with Gasteiger partial charge in [0.05, 0.1) is 21.9 Å². The number of anilines is 1. The lowest BCUT2D eigenvalue weighted by atomic mass is 10.0. The molecule has 3 aromatic rings. The molecule has 0 bridgehead atoms. The first-order chi connectivity index (χ1) is 12.9. The Morgan fingerprint density at radius 1 is 1.15 bits per heavy atom. The van der Waals surface area contributed by atoms with Crippen molar-refractivity contribution in [3.8, 4) is 11.4 Å². The first kappa shape index (κ1) is 19.6. The topological polar surface area (TPSA) is 39.1 Å². The molecule has 4 nitrogen and oxygen atoms in total. The van der Waals surface area contributed by atoms with E-state index in [9.17, 15) is 0 Å². The Kier molecular flexibility index (Phi) is 5.98. The molecule has 0 unspecified atom stereocenters. The van der Waals surface area contributed by atoms with Gasteiger partial charge in [-0.2, -0.15) is 5.10 Å². The molecule has 6 heteroatoms. The number of halogens is 2. The van der Waals surface area contributed by atoms with E-state index in [-0.39, 0.29) is 0 Å². The molecule has 27 heavy (non-hydrogen) atoms. The monoisotopic (exact) mass is 403 g/mol. The number of hydrogen-bond acceptors (Lipinski definition) is 3. The first-order valence-corrected chi connectivity index (χ1v) is 9.60. The Morgan fingerprint density at radius 3 is 2.44 bits per heavy atom. The fourth-order valence-electron chi connectivity index (χ4n) is 3.06. The maximum absolute atomic E-state index is 6.40. The minimum atomic E-state index is 0.298. The summed E-state index contributed by atoms with van der Waals surface area (Å²) in [6.07, 6.45) is 1.86. The van der Waals surface area contributed by atoms with E-state index in [4.69, 9.17) is 27.9 Å². The molecule has 0 amide bonds. The average molecular weight is 404 g/mol. The van der Waals surface area contributed by atoms with Gasteiger partial charge in [-0.25, -0.2) is 4.68 Å². The summed E-state index contributed by atoms with van der Waals surface area (Å²) >= 11 is 12.8. The second-order valence-electron chi connectivity index (χ2n) is 6.70. The molecule has 1 heterocycles. The maximum Gasteiger partial charge on any atom is 0.131 e. The number of nitrogens with zero attached hydrogens (tertiary/aromatic N) is 2. The molecule has 0 atom stereocenters. The Labute approximate surface area is 170 Å². The third-order valence-electron chi connectivity index (χ3n) is 4.52. The molecule has 142 valence electrons. The fraction of sp³-hybridized carbons (Fsp3) is 0.286. The average Bonchev–Trinajstić information content (AvgIpc) is 3.04. The van der Waals surface area contributed by atoms with Gasteiger partial charge >= 0.3 is 0 Å². The third-order valence-corrected chi connectivity index (χ3v) is 5.13. The van der Waals surface area contributed by atoms with Crippen LogP contribution in [0.5, 0.6) is 5.75 Å². The highest BCUT2D eigenvalue weighted by Crippen LogP contribution is 2.32. The lowest BCUT2D eigenvalue weighted by Crippen LogP contribution is -2.09. The smallest absolute Gasteiger partial charge is 0.131 e. The van der Waals surface area contributed by atoms with Crippen LogP contribution in [0.15, 0.2) is 42.6 Å². The van der Waals surface area contributed by atoms with E-state index >= 15 is 0 Å². The Bertz CT molecular complexity index is 930. The van der Waals surface area contributed by atoms with Crippen molar-refractivity contribution in [2.24, 2.45) is 0 Å². The molecule has 0 radical (unpaired) electrons. The van der Waals surface area contributed by atoms with Crippen LogP contribution in [0.1, 0.15) is 36.6 Å². The number of aromatic nitrogens is 2. The predicted molar refractivity (Wildman–Crippen MR) is 113 cm³/mol. The van der Waals surface area contributed by atoms with Gasteiger partial charge in [-0.1, -0.05) is 43.1 Å². The highest BCUT2D eigenvalue weighted by molar-refractivity contribution is 6.37. The van der Waals surface area contributed by atoms with E-state index in [0.717, 1.165) is 28.3 Å². The molecule has 1 N–H and O–H groups in total. The third kappa shape index (κ3) is 4.07. The van der Waals surface area contributed by atoms with Gasteiger partial charge in [0.15, 0.2) is 0 Å². The summed E-state index contributed by atoms with van der Waals surface area (Å²) in [5.74, 6) is 1.10. The van der Waals surface area contributed by atoms with Gasteiger partial charge in [0.1, 0.15) is 18.0 Å². The highest BCUT2D eigenvalue weighted by atomic mass is 35.5. The molecule has 0 aliphatic heterocycles. The molecule has 2 aromatic carbocycles. The van der Waals surface area contributed by atoms with Gasteiger partial charge in [-0.3, -0.25) is 0 Å². The van der Waals surface area contributed by atoms with Crippen molar-refractivity contribution in [1.82, 2.24) is 9.78 Å². The van der Waals surface area contributed by atoms with Crippen LogP contribution in [0.3, 0.4) is 0 Å². The molecule has 0 fully saturated rings. The summed E-state index contributed by atoms with van der Waals surface area (Å²) in [5, 5.41) is 8.81. The normalized spacial score (nSPS) is 11.1. The van der Waals surface area contributed by atoms with E-state index in [1.54, 1.807) is 4.68 Å². The van der Waals surface area contributed by atoms with Crippen molar-refractivity contribution in [2.75, 3.05) is 12.4 Å². The molecular formula is C21H23Cl2N3O. The molecule has 0 aliphatic carbocycles. The van der Waals surface area contributed by atoms with E-state index in [1.165, 1.54) is 0 Å². The van der Waals surface area contributed by atoms with Crippen LogP contribution in [0.2, 0.25) is 10.0 Å². The predicted octanol–water partition coefficient (Wildman–Crippen LogP) is 6.23. The standard InChI is InChI=1S/C21H23Cl2N3O/c1-13(2)16-11-25-26(21-17(22)6-5-7-18(21)23)20(16)12-27-15-8-9-19(24-4)14(3)10-15/h5-11,13,24H,12H2,1-4H3. The Morgan fingerprint density at radius 2 is 1.85 bits per heavy atom. The first-order valence-electron chi connectivity index (χ1n) is 8.84. The van der Waals surface area contributed by atoms with Crippen LogP contribution >= 0.6 is 23.2 Å². The van der Waals surface area contributed by atoms with Crippen molar-refractivity contribution < 1.29 is 4.74 Å². The molecular weight excluding hydrogens is 381 g/mol. The zero-order valence-electron chi connectivity index (χ0n) is 15.9. The van der Waals surface area contributed by atoms with Crippen LogP contribution in [0, 0.1) is 6.92 Å². The molecule has 0 saturated heterocycles. The van der Waals surface area contributed by atoms with Crippen LogP contribution in [-0.2, 0) is 6.61 Å². The van der Waals surface area contributed by atoms with Crippen LogP contribution in [0.25, 0.3) is 5.69 Å². The van der Waals surface area contributed by atoms with E-state index in [2.05, 4.69) is 24.3 Å². The lowest BCUT2D eigenvalue weighted by molar-refractivity contribution is 0.295. The van der Waals surface area contributed by atoms with Crippen LogP contribution in [0.4, 0.5) is 5.69 Å². The lowest BCUT2D eigenvalue weighted by Gasteiger charge is -2.15. The number of aryl methyl sites for hydroxylation is 1. The van der Waals surface area contributed by atoms with Gasteiger partial charge < -0.3 is 10.1 Å². The summed E-state index contributed by atoms with van der Waals surface area (Å²) in [6, 6.07) is 11.4. The van der Waals surface area contributed by atoms with E-state index in [0.29, 0.717) is 28.3 Å². The SMILES string of the molecule is CNc1ccc(OCc2c(C(C)C)cnn2-c2c(Cl)cccc2Cl)cc1C. The van der Waals surface area contributed by atoms with E-state index in [1.807, 2.05) is 56.6 Å². The van der Waals surface area contributed by atoms with Crippen molar-refractivity contribution in [1.29, 1.82) is 0 Å². The fourth-order valence-corrected chi connectivity index (χ4v) is 3.61. The van der Waals surface area contributed by atoms with Gasteiger partial charge in [0.25, 0.3) is 0 Å². The summed E-state index contributed by atoms with van der Waals surface area (Å²) in [7, 11) is 1.91.